The molecule has 3 aromatic rings. The maximum absolute atomic E-state index is 13.3. The third kappa shape index (κ3) is 5.49. The SMILES string of the molecule is CN(C(=O)Nc1ncc(Oc2cccc(F)c2)s1)c1cccc(S(=O)N2CCOCC2)c1. The van der Waals surface area contributed by atoms with Crippen molar-refractivity contribution in [2.45, 2.75) is 4.90 Å². The van der Waals surface area contributed by atoms with Gasteiger partial charge in [-0.15, -0.1) is 0 Å². The Morgan fingerprint density at radius 3 is 2.81 bits per heavy atom. The summed E-state index contributed by atoms with van der Waals surface area (Å²) in [6, 6.07) is 12.4. The van der Waals surface area contributed by atoms with Crippen molar-refractivity contribution in [3.8, 4) is 10.8 Å². The molecule has 1 aliphatic rings. The number of benzene rings is 2. The number of thiazole rings is 1. The van der Waals surface area contributed by atoms with Crippen LogP contribution in [0.15, 0.2) is 59.6 Å². The number of amides is 2. The summed E-state index contributed by atoms with van der Waals surface area (Å²) in [6.45, 7) is 2.29. The molecule has 1 aliphatic heterocycles. The zero-order valence-electron chi connectivity index (χ0n) is 17.2. The quantitative estimate of drug-likeness (QED) is 0.579. The summed E-state index contributed by atoms with van der Waals surface area (Å²) in [5, 5.41) is 3.46. The molecule has 1 aromatic heterocycles. The van der Waals surface area contributed by atoms with Gasteiger partial charge in [0.15, 0.2) is 5.13 Å². The monoisotopic (exact) mass is 476 g/mol. The summed E-state index contributed by atoms with van der Waals surface area (Å²) in [6.07, 6.45) is 1.46. The van der Waals surface area contributed by atoms with E-state index in [2.05, 4.69) is 10.3 Å². The molecule has 8 nitrogen and oxygen atoms in total. The molecule has 1 N–H and O–H groups in total. The van der Waals surface area contributed by atoms with Crippen LogP contribution in [0.25, 0.3) is 0 Å². The number of urea groups is 1. The van der Waals surface area contributed by atoms with E-state index in [1.807, 2.05) is 4.31 Å². The van der Waals surface area contributed by atoms with Crippen molar-refractivity contribution >= 4 is 39.2 Å². The summed E-state index contributed by atoms with van der Waals surface area (Å²) in [5.74, 6) is -0.0623. The molecule has 0 radical (unpaired) electrons. The molecule has 2 aromatic carbocycles. The van der Waals surface area contributed by atoms with Crippen molar-refractivity contribution in [1.82, 2.24) is 9.29 Å². The van der Waals surface area contributed by atoms with Gasteiger partial charge in [-0.05, 0) is 30.3 Å². The first kappa shape index (κ1) is 22.3. The second-order valence-electron chi connectivity index (χ2n) is 6.82. The minimum absolute atomic E-state index is 0.335. The highest BCUT2D eigenvalue weighted by atomic mass is 32.2. The number of rotatable bonds is 6. The van der Waals surface area contributed by atoms with Crippen molar-refractivity contribution in [2.75, 3.05) is 43.6 Å². The number of hydrogen-bond acceptors (Lipinski definition) is 6. The van der Waals surface area contributed by atoms with E-state index >= 15 is 0 Å². The largest absolute Gasteiger partial charge is 0.445 e. The topological polar surface area (TPSA) is 84.0 Å². The van der Waals surface area contributed by atoms with Crippen LogP contribution in [0.5, 0.6) is 10.8 Å². The van der Waals surface area contributed by atoms with Gasteiger partial charge in [0.25, 0.3) is 0 Å². The van der Waals surface area contributed by atoms with E-state index < -0.39 is 22.8 Å². The molecule has 1 fully saturated rings. The van der Waals surface area contributed by atoms with E-state index in [0.29, 0.717) is 52.8 Å². The smallest absolute Gasteiger partial charge is 0.327 e. The average molecular weight is 477 g/mol. The number of morpholine rings is 1. The number of nitrogens with zero attached hydrogens (tertiary/aromatic N) is 3. The molecule has 2 amide bonds. The van der Waals surface area contributed by atoms with Crippen molar-refractivity contribution in [1.29, 1.82) is 0 Å². The van der Waals surface area contributed by atoms with Crippen LogP contribution in [0.3, 0.4) is 0 Å². The van der Waals surface area contributed by atoms with Crippen molar-refractivity contribution in [3.05, 3.63) is 60.5 Å². The molecule has 0 aliphatic carbocycles. The Bertz CT molecular complexity index is 1120. The van der Waals surface area contributed by atoms with E-state index in [4.69, 9.17) is 9.47 Å². The second-order valence-corrected chi connectivity index (χ2v) is 9.30. The van der Waals surface area contributed by atoms with Gasteiger partial charge in [-0.1, -0.05) is 23.5 Å². The number of halogens is 1. The summed E-state index contributed by atoms with van der Waals surface area (Å²) < 4.78 is 38.8. The van der Waals surface area contributed by atoms with Crippen LogP contribution in [0, 0.1) is 5.82 Å². The molecule has 0 bridgehead atoms. The van der Waals surface area contributed by atoms with Crippen LogP contribution in [0.4, 0.5) is 20.0 Å². The fourth-order valence-corrected chi connectivity index (χ4v) is 4.84. The highest BCUT2D eigenvalue weighted by Crippen LogP contribution is 2.31. The first-order valence-electron chi connectivity index (χ1n) is 9.78. The fraction of sp³-hybridized carbons (Fsp3) is 0.238. The summed E-state index contributed by atoms with van der Waals surface area (Å²) >= 11 is 1.12. The van der Waals surface area contributed by atoms with Crippen molar-refractivity contribution in [3.63, 3.8) is 0 Å². The van der Waals surface area contributed by atoms with Gasteiger partial charge in [0.05, 0.1) is 24.3 Å². The first-order chi connectivity index (χ1) is 15.5. The number of ether oxygens (including phenoxy) is 2. The maximum Gasteiger partial charge on any atom is 0.327 e. The Hall–Kier alpha value is -2.86. The van der Waals surface area contributed by atoms with E-state index in [1.54, 1.807) is 43.4 Å². The Morgan fingerprint density at radius 1 is 1.25 bits per heavy atom. The number of anilines is 2. The van der Waals surface area contributed by atoms with Gasteiger partial charge in [0.2, 0.25) is 5.06 Å². The van der Waals surface area contributed by atoms with Gasteiger partial charge in [-0.25, -0.2) is 22.7 Å². The molecule has 32 heavy (non-hydrogen) atoms. The minimum Gasteiger partial charge on any atom is -0.445 e. The molecular formula is C21H21FN4O4S2. The van der Waals surface area contributed by atoms with Crippen LogP contribution >= 0.6 is 11.3 Å². The van der Waals surface area contributed by atoms with Crippen molar-refractivity contribution < 1.29 is 22.9 Å². The van der Waals surface area contributed by atoms with Crippen LogP contribution in [0.1, 0.15) is 0 Å². The Labute approximate surface area is 191 Å². The van der Waals surface area contributed by atoms with E-state index in [9.17, 15) is 13.4 Å². The lowest BCUT2D eigenvalue weighted by atomic mass is 10.3. The van der Waals surface area contributed by atoms with Gasteiger partial charge < -0.3 is 9.47 Å². The molecule has 11 heteroatoms. The Morgan fingerprint density at radius 2 is 2.03 bits per heavy atom. The lowest BCUT2D eigenvalue weighted by Gasteiger charge is -2.25. The predicted octanol–water partition coefficient (Wildman–Crippen LogP) is 4.10. The summed E-state index contributed by atoms with van der Waals surface area (Å²) in [5.41, 5.74) is 0.592. The van der Waals surface area contributed by atoms with E-state index in [0.717, 1.165) is 11.3 Å². The van der Waals surface area contributed by atoms with Crippen LogP contribution in [-0.4, -0.2) is 52.9 Å². The molecule has 1 atom stereocenters. The summed E-state index contributed by atoms with van der Waals surface area (Å²) in [7, 11) is 0.291. The molecule has 1 saturated heterocycles. The Balaban J connectivity index is 1.40. The van der Waals surface area contributed by atoms with Gasteiger partial charge in [0.1, 0.15) is 22.6 Å². The first-order valence-corrected chi connectivity index (χ1v) is 11.7. The predicted molar refractivity (Wildman–Crippen MR) is 121 cm³/mol. The Kier molecular flexibility index (Phi) is 7.10. The lowest BCUT2D eigenvalue weighted by molar-refractivity contribution is 0.0752. The van der Waals surface area contributed by atoms with Gasteiger partial charge in [-0.3, -0.25) is 10.2 Å². The average Bonchev–Trinajstić information content (AvgIpc) is 3.25. The van der Waals surface area contributed by atoms with Gasteiger partial charge in [0, 0.05) is 31.9 Å². The fourth-order valence-electron chi connectivity index (χ4n) is 2.97. The number of aromatic nitrogens is 1. The van der Waals surface area contributed by atoms with Gasteiger partial charge >= 0.3 is 6.03 Å². The zero-order valence-corrected chi connectivity index (χ0v) is 18.8. The molecule has 1 unspecified atom stereocenters. The molecule has 2 heterocycles. The number of nitrogens with one attached hydrogen (secondary N) is 1. The normalized spacial score (nSPS) is 15.2. The van der Waals surface area contributed by atoms with E-state index in [-0.39, 0.29) is 0 Å². The third-order valence-corrected chi connectivity index (χ3v) is 6.91. The highest BCUT2D eigenvalue weighted by molar-refractivity contribution is 7.82. The molecular weight excluding hydrogens is 455 g/mol. The highest BCUT2D eigenvalue weighted by Gasteiger charge is 2.20. The van der Waals surface area contributed by atoms with Gasteiger partial charge in [-0.2, -0.15) is 0 Å². The van der Waals surface area contributed by atoms with Crippen LogP contribution < -0.4 is 15.0 Å². The molecule has 4 rings (SSSR count). The lowest BCUT2D eigenvalue weighted by Crippen LogP contribution is -2.37. The summed E-state index contributed by atoms with van der Waals surface area (Å²) in [4.78, 5) is 18.9. The zero-order chi connectivity index (χ0) is 22.5. The van der Waals surface area contributed by atoms with E-state index in [1.165, 1.54) is 23.2 Å². The maximum atomic E-state index is 13.3. The van der Waals surface area contributed by atoms with Crippen molar-refractivity contribution in [2.24, 2.45) is 0 Å². The number of carbonyl (C=O) groups is 1. The molecule has 168 valence electrons. The van der Waals surface area contributed by atoms with Crippen LogP contribution in [-0.2, 0) is 15.7 Å². The minimum atomic E-state index is -1.32. The number of hydrogen-bond donors (Lipinski definition) is 1. The standard InChI is InChI=1S/C21H21FN4O4S2/c1-25(16-5-3-7-18(13-16)32(28)26-8-10-29-11-9-26)21(27)24-20-23-14-19(31-20)30-17-6-2-4-15(22)12-17/h2-7,12-14H,8-11H2,1H3,(H,23,24,27). The van der Waals surface area contributed by atoms with Crippen LogP contribution in [0.2, 0.25) is 0 Å². The third-order valence-electron chi connectivity index (χ3n) is 4.63. The molecule has 0 spiro atoms. The number of carbonyl (C=O) groups excluding carboxylic acids is 1. The molecule has 0 saturated carbocycles. The second kappa shape index (κ2) is 10.2.